The van der Waals surface area contributed by atoms with E-state index in [1.165, 1.54) is 19.1 Å². The fourth-order valence-corrected chi connectivity index (χ4v) is 2.60. The highest BCUT2D eigenvalue weighted by Crippen LogP contribution is 2.23. The summed E-state index contributed by atoms with van der Waals surface area (Å²) in [6.45, 7) is 1.09. The molecule has 1 aliphatic rings. The van der Waals surface area contributed by atoms with Gasteiger partial charge in [-0.1, -0.05) is 23.7 Å². The first-order chi connectivity index (χ1) is 10.8. The number of nitrogens with one attached hydrogen (secondary N) is 3. The van der Waals surface area contributed by atoms with Crippen molar-refractivity contribution in [1.82, 2.24) is 16.0 Å². The third-order valence-corrected chi connectivity index (χ3v) is 3.98. The van der Waals surface area contributed by atoms with Crippen LogP contribution in [0.15, 0.2) is 18.2 Å². The smallest absolute Gasteiger partial charge is 0.237 e. The zero-order valence-corrected chi connectivity index (χ0v) is 13.3. The number of amides is 2. The molecular weight excluding hydrogens is 328 g/mol. The Hall–Kier alpha value is -1.73. The summed E-state index contributed by atoms with van der Waals surface area (Å²) in [5, 5.41) is 7.72. The van der Waals surface area contributed by atoms with Crippen LogP contribution in [0, 0.1) is 5.82 Å². The molecule has 126 valence electrons. The summed E-state index contributed by atoms with van der Waals surface area (Å²) in [5.74, 6) is -1.34. The number of carbonyl (C=O) groups excluding carboxylic acids is 2. The fourth-order valence-electron chi connectivity index (χ4n) is 2.41. The van der Waals surface area contributed by atoms with Gasteiger partial charge < -0.3 is 16.0 Å². The molecule has 1 aromatic carbocycles. The molecule has 1 saturated heterocycles. The number of halogens is 3. The minimum atomic E-state index is -1.67. The van der Waals surface area contributed by atoms with Gasteiger partial charge in [0.2, 0.25) is 11.8 Å². The van der Waals surface area contributed by atoms with E-state index < -0.39 is 23.4 Å². The molecule has 0 saturated carbocycles. The molecule has 1 fully saturated rings. The van der Waals surface area contributed by atoms with Crippen molar-refractivity contribution in [3.63, 3.8) is 0 Å². The Bertz CT molecular complexity index is 614. The standard InChI is InChI=1S/C15H18ClF2N3O2/c1-9(22)20-7-15(18)5-12(21-8-15)14(23)19-6-10-3-2-4-11(16)13(10)17/h2-4,12,21H,5-8H2,1H3,(H,19,23)(H,20,22)/t12-,15+/m0/s1. The molecule has 0 bridgehead atoms. The lowest BCUT2D eigenvalue weighted by Crippen LogP contribution is -2.40. The summed E-state index contributed by atoms with van der Waals surface area (Å²) in [5.41, 5.74) is -1.41. The van der Waals surface area contributed by atoms with Crippen LogP contribution in [-0.2, 0) is 16.1 Å². The van der Waals surface area contributed by atoms with E-state index in [1.54, 1.807) is 6.07 Å². The van der Waals surface area contributed by atoms with Crippen molar-refractivity contribution in [3.8, 4) is 0 Å². The molecule has 1 heterocycles. The highest BCUT2D eigenvalue weighted by molar-refractivity contribution is 6.30. The quantitative estimate of drug-likeness (QED) is 0.753. The molecule has 8 heteroatoms. The van der Waals surface area contributed by atoms with Gasteiger partial charge >= 0.3 is 0 Å². The molecule has 0 aliphatic carbocycles. The van der Waals surface area contributed by atoms with Gasteiger partial charge in [-0.15, -0.1) is 0 Å². The Labute approximate surface area is 137 Å². The molecule has 1 aliphatic heterocycles. The van der Waals surface area contributed by atoms with Crippen molar-refractivity contribution in [2.75, 3.05) is 13.1 Å². The highest BCUT2D eigenvalue weighted by Gasteiger charge is 2.42. The zero-order valence-electron chi connectivity index (χ0n) is 12.6. The van der Waals surface area contributed by atoms with E-state index >= 15 is 0 Å². The number of benzene rings is 1. The van der Waals surface area contributed by atoms with E-state index in [9.17, 15) is 18.4 Å². The monoisotopic (exact) mass is 345 g/mol. The van der Waals surface area contributed by atoms with E-state index in [0.717, 1.165) is 0 Å². The van der Waals surface area contributed by atoms with Crippen LogP contribution in [0.3, 0.4) is 0 Å². The molecule has 2 amide bonds. The maximum Gasteiger partial charge on any atom is 0.237 e. The summed E-state index contributed by atoms with van der Waals surface area (Å²) >= 11 is 5.67. The second-order valence-corrected chi connectivity index (χ2v) is 6.04. The van der Waals surface area contributed by atoms with Gasteiger partial charge in [0.1, 0.15) is 11.5 Å². The van der Waals surface area contributed by atoms with E-state index in [2.05, 4.69) is 16.0 Å². The molecule has 0 radical (unpaired) electrons. The van der Waals surface area contributed by atoms with Crippen LogP contribution in [0.5, 0.6) is 0 Å². The molecule has 1 aromatic rings. The summed E-state index contributed by atoms with van der Waals surface area (Å²) in [7, 11) is 0. The average Bonchev–Trinajstić information content (AvgIpc) is 2.90. The van der Waals surface area contributed by atoms with Gasteiger partial charge in [0.25, 0.3) is 0 Å². The molecule has 0 unspecified atom stereocenters. The number of hydrogen-bond donors (Lipinski definition) is 3. The van der Waals surface area contributed by atoms with Crippen LogP contribution in [-0.4, -0.2) is 36.6 Å². The minimum absolute atomic E-state index is 0.0196. The second kappa shape index (κ2) is 7.23. The van der Waals surface area contributed by atoms with E-state index in [0.29, 0.717) is 0 Å². The zero-order chi connectivity index (χ0) is 17.0. The van der Waals surface area contributed by atoms with Crippen LogP contribution in [0.1, 0.15) is 18.9 Å². The first-order valence-corrected chi connectivity index (χ1v) is 7.56. The Kier molecular flexibility index (Phi) is 5.54. The van der Waals surface area contributed by atoms with Crippen molar-refractivity contribution < 1.29 is 18.4 Å². The van der Waals surface area contributed by atoms with Crippen molar-refractivity contribution in [2.45, 2.75) is 31.6 Å². The Morgan fingerprint density at radius 1 is 1.43 bits per heavy atom. The molecular formula is C15H18ClF2N3O2. The van der Waals surface area contributed by atoms with Crippen LogP contribution in [0.2, 0.25) is 5.02 Å². The summed E-state index contributed by atoms with van der Waals surface area (Å²) in [4.78, 5) is 22.9. The first-order valence-electron chi connectivity index (χ1n) is 7.18. The summed E-state index contributed by atoms with van der Waals surface area (Å²) in [6, 6.07) is 3.79. The Morgan fingerprint density at radius 2 is 2.17 bits per heavy atom. The second-order valence-electron chi connectivity index (χ2n) is 5.63. The lowest BCUT2D eigenvalue weighted by atomic mass is 10.0. The maximum absolute atomic E-state index is 14.4. The van der Waals surface area contributed by atoms with E-state index in [4.69, 9.17) is 11.6 Å². The van der Waals surface area contributed by atoms with Gasteiger partial charge in [-0.3, -0.25) is 9.59 Å². The normalized spacial score (nSPS) is 23.6. The van der Waals surface area contributed by atoms with Crippen molar-refractivity contribution >= 4 is 23.4 Å². The fraction of sp³-hybridized carbons (Fsp3) is 0.467. The lowest BCUT2D eigenvalue weighted by molar-refractivity contribution is -0.123. The molecule has 5 nitrogen and oxygen atoms in total. The summed E-state index contributed by atoms with van der Waals surface area (Å²) < 4.78 is 28.2. The predicted octanol–water partition coefficient (Wildman–Crippen LogP) is 1.30. The van der Waals surface area contributed by atoms with Gasteiger partial charge in [0.05, 0.1) is 17.6 Å². The first kappa shape index (κ1) is 17.6. The van der Waals surface area contributed by atoms with Gasteiger partial charge in [-0.05, 0) is 6.07 Å². The molecule has 2 rings (SSSR count). The number of hydrogen-bond acceptors (Lipinski definition) is 3. The molecule has 23 heavy (non-hydrogen) atoms. The van der Waals surface area contributed by atoms with E-state index in [1.807, 2.05) is 0 Å². The van der Waals surface area contributed by atoms with Crippen LogP contribution in [0.4, 0.5) is 8.78 Å². The Morgan fingerprint density at radius 3 is 2.87 bits per heavy atom. The minimum Gasteiger partial charge on any atom is -0.353 e. The van der Waals surface area contributed by atoms with Gasteiger partial charge in [-0.25, -0.2) is 8.78 Å². The lowest BCUT2D eigenvalue weighted by Gasteiger charge is -2.18. The van der Waals surface area contributed by atoms with Crippen LogP contribution >= 0.6 is 11.6 Å². The van der Waals surface area contributed by atoms with Crippen molar-refractivity contribution in [1.29, 1.82) is 0 Å². The third-order valence-electron chi connectivity index (χ3n) is 3.69. The van der Waals surface area contributed by atoms with Crippen molar-refractivity contribution in [3.05, 3.63) is 34.6 Å². The molecule has 2 atom stereocenters. The van der Waals surface area contributed by atoms with Gasteiger partial charge in [-0.2, -0.15) is 0 Å². The molecule has 0 aromatic heterocycles. The van der Waals surface area contributed by atoms with Gasteiger partial charge in [0.15, 0.2) is 0 Å². The van der Waals surface area contributed by atoms with Crippen LogP contribution < -0.4 is 16.0 Å². The van der Waals surface area contributed by atoms with E-state index in [-0.39, 0.29) is 42.5 Å². The van der Waals surface area contributed by atoms with Crippen molar-refractivity contribution in [2.24, 2.45) is 0 Å². The third kappa shape index (κ3) is 4.62. The van der Waals surface area contributed by atoms with Crippen LogP contribution in [0.25, 0.3) is 0 Å². The average molecular weight is 346 g/mol. The predicted molar refractivity (Wildman–Crippen MR) is 82.2 cm³/mol. The largest absolute Gasteiger partial charge is 0.353 e. The SMILES string of the molecule is CC(=O)NC[C@@]1(F)CN[C@H](C(=O)NCc2cccc(Cl)c2F)C1. The summed E-state index contributed by atoms with van der Waals surface area (Å²) in [6.07, 6.45) is -0.0584. The van der Waals surface area contributed by atoms with Gasteiger partial charge in [0, 0.05) is 32.0 Å². The highest BCUT2D eigenvalue weighted by atomic mass is 35.5. The molecule has 3 N–H and O–H groups in total. The Balaban J connectivity index is 1.87. The maximum atomic E-state index is 14.4. The number of rotatable bonds is 5. The molecule has 0 spiro atoms. The topological polar surface area (TPSA) is 70.2 Å². The number of alkyl halides is 1. The number of carbonyl (C=O) groups is 2.